The molecule has 3 rings (SSSR count). The first kappa shape index (κ1) is 25.0. The van der Waals surface area contributed by atoms with E-state index in [2.05, 4.69) is 10.5 Å². The Bertz CT molecular complexity index is 1250. The van der Waals surface area contributed by atoms with Crippen molar-refractivity contribution in [1.29, 1.82) is 0 Å². The number of benzene rings is 3. The van der Waals surface area contributed by atoms with Gasteiger partial charge in [-0.15, -0.1) is 0 Å². The Balaban J connectivity index is 1.77. The number of hydrazone groups is 1. The van der Waals surface area contributed by atoms with Gasteiger partial charge >= 0.3 is 0 Å². The van der Waals surface area contributed by atoms with Crippen molar-refractivity contribution in [2.75, 3.05) is 10.8 Å². The maximum absolute atomic E-state index is 13.4. The molecule has 7 nitrogen and oxygen atoms in total. The molecule has 0 heterocycles. The minimum atomic E-state index is -3.97. The fourth-order valence-corrected chi connectivity index (χ4v) is 4.72. The van der Waals surface area contributed by atoms with Gasteiger partial charge in [0, 0.05) is 0 Å². The molecule has 3 aromatic carbocycles. The number of nitrogens with zero attached hydrogens (tertiary/aromatic N) is 2. The summed E-state index contributed by atoms with van der Waals surface area (Å²) in [7, 11) is -3.97. The fourth-order valence-electron chi connectivity index (χ4n) is 3.23. The highest BCUT2D eigenvalue weighted by Gasteiger charge is 2.28. The quantitative estimate of drug-likeness (QED) is 0.363. The second-order valence-electron chi connectivity index (χ2n) is 8.14. The summed E-state index contributed by atoms with van der Waals surface area (Å²) in [5.41, 5.74) is 5.30. The Kier molecular flexibility index (Phi) is 8.07. The number of sulfonamides is 1. The van der Waals surface area contributed by atoms with Gasteiger partial charge in [-0.3, -0.25) is 9.10 Å². The molecule has 0 atom stereocenters. The van der Waals surface area contributed by atoms with Crippen LogP contribution < -0.4 is 14.5 Å². The molecular weight excluding hydrogens is 450 g/mol. The third-order valence-electron chi connectivity index (χ3n) is 4.94. The van der Waals surface area contributed by atoms with E-state index in [0.717, 1.165) is 26.7 Å². The molecule has 0 aliphatic carbocycles. The van der Waals surface area contributed by atoms with Crippen LogP contribution in [0.5, 0.6) is 5.75 Å². The number of amides is 1. The van der Waals surface area contributed by atoms with Gasteiger partial charge in [0.1, 0.15) is 12.3 Å². The Morgan fingerprint density at radius 2 is 1.65 bits per heavy atom. The number of carbonyl (C=O) groups excluding carboxylic acids is 1. The predicted octanol–water partition coefficient (Wildman–Crippen LogP) is 4.44. The number of aryl methyl sites for hydroxylation is 2. The molecule has 0 bridgehead atoms. The molecule has 8 heteroatoms. The Morgan fingerprint density at radius 1 is 1.00 bits per heavy atom. The van der Waals surface area contributed by atoms with Gasteiger partial charge in [-0.05, 0) is 81.3 Å². The average Bonchev–Trinajstić information content (AvgIpc) is 2.79. The summed E-state index contributed by atoms with van der Waals surface area (Å²) in [6, 6.07) is 20.8. The largest absolute Gasteiger partial charge is 0.491 e. The van der Waals surface area contributed by atoms with Crippen molar-refractivity contribution in [2.24, 2.45) is 5.10 Å². The molecule has 34 heavy (non-hydrogen) atoms. The summed E-state index contributed by atoms with van der Waals surface area (Å²) in [5, 5.41) is 3.98. The first-order valence-corrected chi connectivity index (χ1v) is 12.3. The van der Waals surface area contributed by atoms with Gasteiger partial charge in [-0.1, -0.05) is 35.9 Å². The minimum absolute atomic E-state index is 0.0752. The number of para-hydroxylation sites is 1. The van der Waals surface area contributed by atoms with Crippen LogP contribution in [0.4, 0.5) is 5.69 Å². The van der Waals surface area contributed by atoms with E-state index in [-0.39, 0.29) is 11.0 Å². The van der Waals surface area contributed by atoms with E-state index >= 15 is 0 Å². The van der Waals surface area contributed by atoms with Gasteiger partial charge < -0.3 is 4.74 Å². The van der Waals surface area contributed by atoms with Crippen LogP contribution in [-0.2, 0) is 14.8 Å². The van der Waals surface area contributed by atoms with Crippen molar-refractivity contribution in [1.82, 2.24) is 5.43 Å². The molecule has 0 fully saturated rings. The smallest absolute Gasteiger partial charge is 0.264 e. The van der Waals surface area contributed by atoms with Gasteiger partial charge in [-0.25, -0.2) is 13.8 Å². The van der Waals surface area contributed by atoms with Crippen LogP contribution in [0.1, 0.15) is 30.5 Å². The third-order valence-corrected chi connectivity index (χ3v) is 6.71. The predicted molar refractivity (Wildman–Crippen MR) is 135 cm³/mol. The summed E-state index contributed by atoms with van der Waals surface area (Å²) in [5.74, 6) is 0.182. The van der Waals surface area contributed by atoms with Crippen LogP contribution >= 0.6 is 0 Å². The topological polar surface area (TPSA) is 88.1 Å². The van der Waals surface area contributed by atoms with Crippen LogP contribution in [0.3, 0.4) is 0 Å². The van der Waals surface area contributed by atoms with Crippen LogP contribution in [0.15, 0.2) is 82.8 Å². The summed E-state index contributed by atoms with van der Waals surface area (Å²) in [4.78, 5) is 12.8. The fraction of sp³-hybridized carbons (Fsp3) is 0.231. The number of hydrogen-bond donors (Lipinski definition) is 1. The third kappa shape index (κ3) is 6.45. The number of rotatable bonds is 9. The van der Waals surface area contributed by atoms with Gasteiger partial charge in [0.15, 0.2) is 0 Å². The maximum atomic E-state index is 13.4. The molecule has 3 aromatic rings. The van der Waals surface area contributed by atoms with Gasteiger partial charge in [0.05, 0.1) is 22.9 Å². The van der Waals surface area contributed by atoms with Crippen LogP contribution in [-0.4, -0.2) is 33.2 Å². The highest BCUT2D eigenvalue weighted by molar-refractivity contribution is 7.92. The molecule has 1 N–H and O–H groups in total. The summed E-state index contributed by atoms with van der Waals surface area (Å²) in [6.07, 6.45) is 1.56. The number of hydrogen-bond acceptors (Lipinski definition) is 5. The molecule has 1 amide bonds. The van der Waals surface area contributed by atoms with E-state index in [1.54, 1.807) is 49.4 Å². The van der Waals surface area contributed by atoms with Crippen molar-refractivity contribution in [3.63, 3.8) is 0 Å². The normalized spacial score (nSPS) is 11.6. The van der Waals surface area contributed by atoms with Crippen molar-refractivity contribution in [3.8, 4) is 5.75 Å². The lowest BCUT2D eigenvalue weighted by atomic mass is 10.2. The second-order valence-corrected chi connectivity index (χ2v) is 10.0. The zero-order valence-corrected chi connectivity index (χ0v) is 20.5. The molecule has 0 aliphatic heterocycles. The zero-order valence-electron chi connectivity index (χ0n) is 19.7. The first-order chi connectivity index (χ1) is 16.2. The summed E-state index contributed by atoms with van der Waals surface area (Å²) in [6.45, 7) is 7.16. The lowest BCUT2D eigenvalue weighted by Crippen LogP contribution is -2.40. The SMILES string of the molecule is Cc1ccc(S(=O)(=O)N(CC(=O)N/N=C\c2ccc(OC(C)C)cc2)c2ccccc2C)cc1. The molecule has 0 aromatic heterocycles. The molecular formula is C26H29N3O4S. The molecule has 0 saturated carbocycles. The number of anilines is 1. The molecule has 0 spiro atoms. The standard InChI is InChI=1S/C26H29N3O4S/c1-19(2)33-23-13-11-22(12-14-23)17-27-28-26(30)18-29(25-8-6-5-7-21(25)4)34(31,32)24-15-9-20(3)10-16-24/h5-17,19H,18H2,1-4H3,(H,28,30)/b27-17-. The van der Waals surface area contributed by atoms with Crippen molar-refractivity contribution in [3.05, 3.63) is 89.5 Å². The molecule has 178 valence electrons. The van der Waals surface area contributed by atoms with Gasteiger partial charge in [0.25, 0.3) is 15.9 Å². The number of ether oxygens (including phenoxy) is 1. The molecule has 0 aliphatic rings. The minimum Gasteiger partial charge on any atom is -0.491 e. The Labute approximate surface area is 201 Å². The molecule has 0 unspecified atom stereocenters. The van der Waals surface area contributed by atoms with Crippen LogP contribution in [0.2, 0.25) is 0 Å². The molecule has 0 saturated heterocycles. The van der Waals surface area contributed by atoms with Crippen molar-refractivity contribution in [2.45, 2.75) is 38.7 Å². The van der Waals surface area contributed by atoms with Crippen LogP contribution in [0.25, 0.3) is 0 Å². The second kappa shape index (κ2) is 11.0. The Hall–Kier alpha value is -3.65. The van der Waals surface area contributed by atoms with E-state index < -0.39 is 22.5 Å². The average molecular weight is 480 g/mol. The van der Waals surface area contributed by atoms with E-state index in [9.17, 15) is 13.2 Å². The van der Waals surface area contributed by atoms with Crippen molar-refractivity contribution < 1.29 is 17.9 Å². The first-order valence-electron chi connectivity index (χ1n) is 10.9. The van der Waals surface area contributed by atoms with E-state index in [0.29, 0.717) is 5.69 Å². The van der Waals surface area contributed by atoms with Crippen molar-refractivity contribution >= 4 is 27.8 Å². The number of nitrogens with one attached hydrogen (secondary N) is 1. The monoisotopic (exact) mass is 479 g/mol. The van der Waals surface area contributed by atoms with E-state index in [4.69, 9.17) is 4.74 Å². The summed E-state index contributed by atoms with van der Waals surface area (Å²) < 4.78 is 33.6. The Morgan fingerprint density at radius 3 is 2.26 bits per heavy atom. The zero-order chi connectivity index (χ0) is 24.7. The van der Waals surface area contributed by atoms with Gasteiger partial charge in [-0.2, -0.15) is 5.10 Å². The lowest BCUT2D eigenvalue weighted by molar-refractivity contribution is -0.119. The lowest BCUT2D eigenvalue weighted by Gasteiger charge is -2.25. The van der Waals surface area contributed by atoms with Gasteiger partial charge in [0.2, 0.25) is 0 Å². The highest BCUT2D eigenvalue weighted by Crippen LogP contribution is 2.26. The number of carbonyl (C=O) groups is 1. The summed E-state index contributed by atoms with van der Waals surface area (Å²) >= 11 is 0. The van der Waals surface area contributed by atoms with Crippen LogP contribution in [0, 0.1) is 13.8 Å². The highest BCUT2D eigenvalue weighted by atomic mass is 32.2. The van der Waals surface area contributed by atoms with E-state index in [1.807, 2.05) is 51.1 Å². The molecule has 0 radical (unpaired) electrons. The van der Waals surface area contributed by atoms with E-state index in [1.165, 1.54) is 6.21 Å². The maximum Gasteiger partial charge on any atom is 0.264 e.